The van der Waals surface area contributed by atoms with E-state index in [1.165, 1.54) is 12.8 Å². The maximum absolute atomic E-state index is 12.7. The van der Waals surface area contributed by atoms with Crippen LogP contribution >= 0.6 is 0 Å². The first-order valence-electron chi connectivity index (χ1n) is 9.27. The van der Waals surface area contributed by atoms with Crippen LogP contribution in [0.5, 0.6) is 0 Å². The lowest BCUT2D eigenvalue weighted by Crippen LogP contribution is -2.57. The fourth-order valence-electron chi connectivity index (χ4n) is 3.58. The van der Waals surface area contributed by atoms with Gasteiger partial charge >= 0.3 is 0 Å². The third kappa shape index (κ3) is 3.81. The Labute approximate surface area is 153 Å². The number of amides is 1. The highest BCUT2D eigenvalue weighted by Crippen LogP contribution is 2.38. The number of benzene rings is 1. The molecule has 2 aromatic rings. The third-order valence-electron chi connectivity index (χ3n) is 5.21. The number of hydrogen-bond acceptors (Lipinski definition) is 4. The van der Waals surface area contributed by atoms with Crippen molar-refractivity contribution in [2.24, 2.45) is 0 Å². The standard InChI is InChI=1S/C20H25N3O3/c24-15-20(12-16-4-2-1-3-5-16)14-22(10-11-26-20)19(25)13-23-9-8-18(21-23)17-6-7-17/h1-5,8-9,17,24H,6-7,10-15H2/t20-/m0/s1. The summed E-state index contributed by atoms with van der Waals surface area (Å²) in [6, 6.07) is 12.0. The Hall–Kier alpha value is -2.18. The number of ether oxygens (including phenoxy) is 1. The van der Waals surface area contributed by atoms with Gasteiger partial charge in [-0.1, -0.05) is 30.3 Å². The first-order valence-corrected chi connectivity index (χ1v) is 9.27. The highest BCUT2D eigenvalue weighted by molar-refractivity contribution is 5.76. The number of hydrogen-bond donors (Lipinski definition) is 1. The van der Waals surface area contributed by atoms with E-state index in [1.54, 1.807) is 9.58 Å². The number of carbonyl (C=O) groups is 1. The predicted molar refractivity (Wildman–Crippen MR) is 96.7 cm³/mol. The van der Waals surface area contributed by atoms with Crippen LogP contribution in [0.4, 0.5) is 0 Å². The average Bonchev–Trinajstić information content (AvgIpc) is 3.42. The molecule has 1 aliphatic heterocycles. The molecule has 1 saturated carbocycles. The quantitative estimate of drug-likeness (QED) is 0.855. The van der Waals surface area contributed by atoms with Gasteiger partial charge in [0.05, 0.1) is 25.5 Å². The first kappa shape index (κ1) is 17.2. The number of nitrogens with zero attached hydrogens (tertiary/aromatic N) is 3. The van der Waals surface area contributed by atoms with E-state index in [0.717, 1.165) is 11.3 Å². The fraction of sp³-hybridized carbons (Fsp3) is 0.500. The molecular weight excluding hydrogens is 330 g/mol. The van der Waals surface area contributed by atoms with Gasteiger partial charge in [-0.3, -0.25) is 9.48 Å². The van der Waals surface area contributed by atoms with Crippen molar-refractivity contribution in [3.05, 3.63) is 53.9 Å². The Morgan fingerprint density at radius 3 is 2.81 bits per heavy atom. The van der Waals surface area contributed by atoms with Crippen LogP contribution in [0.3, 0.4) is 0 Å². The van der Waals surface area contributed by atoms with Crippen LogP contribution in [0.2, 0.25) is 0 Å². The lowest BCUT2D eigenvalue weighted by molar-refractivity contribution is -0.158. The van der Waals surface area contributed by atoms with Crippen LogP contribution in [-0.2, 0) is 22.5 Å². The minimum Gasteiger partial charge on any atom is -0.393 e. The lowest BCUT2D eigenvalue weighted by Gasteiger charge is -2.42. The average molecular weight is 355 g/mol. The molecule has 1 aliphatic carbocycles. The van der Waals surface area contributed by atoms with Gasteiger partial charge < -0.3 is 14.7 Å². The summed E-state index contributed by atoms with van der Waals surface area (Å²) >= 11 is 0. The van der Waals surface area contributed by atoms with Crippen molar-refractivity contribution in [2.75, 3.05) is 26.3 Å². The van der Waals surface area contributed by atoms with E-state index in [-0.39, 0.29) is 19.1 Å². The number of aliphatic hydroxyl groups is 1. The van der Waals surface area contributed by atoms with Crippen molar-refractivity contribution in [3.63, 3.8) is 0 Å². The Morgan fingerprint density at radius 1 is 1.27 bits per heavy atom. The van der Waals surface area contributed by atoms with Crippen LogP contribution < -0.4 is 0 Å². The monoisotopic (exact) mass is 355 g/mol. The van der Waals surface area contributed by atoms with Crippen LogP contribution in [0.25, 0.3) is 0 Å². The van der Waals surface area contributed by atoms with Gasteiger partial charge in [0.1, 0.15) is 12.1 Å². The van der Waals surface area contributed by atoms with Crippen LogP contribution in [-0.4, -0.2) is 57.6 Å². The largest absolute Gasteiger partial charge is 0.393 e. The highest BCUT2D eigenvalue weighted by Gasteiger charge is 2.38. The number of morpholine rings is 1. The molecule has 138 valence electrons. The summed E-state index contributed by atoms with van der Waals surface area (Å²) in [5.74, 6) is 0.604. The second kappa shape index (κ2) is 7.21. The molecule has 1 aromatic heterocycles. The van der Waals surface area contributed by atoms with Crippen LogP contribution in [0.15, 0.2) is 42.6 Å². The Bertz CT molecular complexity index is 757. The van der Waals surface area contributed by atoms with E-state index in [9.17, 15) is 9.90 Å². The summed E-state index contributed by atoms with van der Waals surface area (Å²) in [4.78, 5) is 14.5. The Balaban J connectivity index is 1.41. The van der Waals surface area contributed by atoms with E-state index in [0.29, 0.717) is 32.0 Å². The molecule has 1 N–H and O–H groups in total. The zero-order valence-corrected chi connectivity index (χ0v) is 14.9. The zero-order chi connectivity index (χ0) is 18.0. The molecule has 1 saturated heterocycles. The molecule has 1 amide bonds. The third-order valence-corrected chi connectivity index (χ3v) is 5.21. The van der Waals surface area contributed by atoms with E-state index in [1.807, 2.05) is 42.6 Å². The van der Waals surface area contributed by atoms with Crippen LogP contribution in [0.1, 0.15) is 30.0 Å². The molecule has 26 heavy (non-hydrogen) atoms. The smallest absolute Gasteiger partial charge is 0.244 e. The predicted octanol–water partition coefficient (Wildman–Crippen LogP) is 1.59. The maximum Gasteiger partial charge on any atom is 0.244 e. The number of aromatic nitrogens is 2. The Kier molecular flexibility index (Phi) is 4.78. The summed E-state index contributed by atoms with van der Waals surface area (Å²) in [5, 5.41) is 14.5. The molecule has 2 heterocycles. The molecule has 1 aromatic carbocycles. The van der Waals surface area contributed by atoms with Gasteiger partial charge in [-0.25, -0.2) is 0 Å². The molecule has 4 rings (SSSR count). The van der Waals surface area contributed by atoms with E-state index >= 15 is 0 Å². The van der Waals surface area contributed by atoms with Gasteiger partial charge in [0.15, 0.2) is 0 Å². The second-order valence-electron chi connectivity index (χ2n) is 7.38. The molecule has 0 bridgehead atoms. The second-order valence-corrected chi connectivity index (χ2v) is 7.38. The minimum atomic E-state index is -0.738. The fourth-order valence-corrected chi connectivity index (χ4v) is 3.58. The van der Waals surface area contributed by atoms with Gasteiger partial charge in [0.2, 0.25) is 5.91 Å². The maximum atomic E-state index is 12.7. The summed E-state index contributed by atoms with van der Waals surface area (Å²) in [6.07, 6.45) is 4.87. The van der Waals surface area contributed by atoms with E-state index in [2.05, 4.69) is 5.10 Å². The Morgan fingerprint density at radius 2 is 2.08 bits per heavy atom. The van der Waals surface area contributed by atoms with Crippen LogP contribution in [0, 0.1) is 0 Å². The van der Waals surface area contributed by atoms with Crippen molar-refractivity contribution >= 4 is 5.91 Å². The molecular formula is C20H25N3O3. The van der Waals surface area contributed by atoms with E-state index in [4.69, 9.17) is 4.74 Å². The molecule has 0 unspecified atom stereocenters. The zero-order valence-electron chi connectivity index (χ0n) is 14.9. The molecule has 6 nitrogen and oxygen atoms in total. The molecule has 0 spiro atoms. The summed E-state index contributed by atoms with van der Waals surface area (Å²) in [6.45, 7) is 1.50. The molecule has 0 radical (unpaired) electrons. The van der Waals surface area contributed by atoms with Gasteiger partial charge in [-0.2, -0.15) is 5.10 Å². The van der Waals surface area contributed by atoms with Crippen molar-refractivity contribution < 1.29 is 14.6 Å². The number of carbonyl (C=O) groups excluding carboxylic acids is 1. The molecule has 2 fully saturated rings. The van der Waals surface area contributed by atoms with Crippen molar-refractivity contribution in [1.29, 1.82) is 0 Å². The normalized spacial score (nSPS) is 23.2. The number of aliphatic hydroxyl groups excluding tert-OH is 1. The van der Waals surface area contributed by atoms with Gasteiger partial charge in [0, 0.05) is 25.1 Å². The van der Waals surface area contributed by atoms with Gasteiger partial charge in [-0.05, 0) is 24.5 Å². The highest BCUT2D eigenvalue weighted by atomic mass is 16.5. The molecule has 2 aliphatic rings. The van der Waals surface area contributed by atoms with E-state index < -0.39 is 5.60 Å². The lowest BCUT2D eigenvalue weighted by atomic mass is 9.93. The SMILES string of the molecule is O=C(Cn1ccc(C2CC2)n1)N1CCO[C@@](CO)(Cc2ccccc2)C1. The number of rotatable bonds is 6. The minimum absolute atomic E-state index is 0.0182. The van der Waals surface area contributed by atoms with Crippen molar-refractivity contribution in [3.8, 4) is 0 Å². The first-order chi connectivity index (χ1) is 12.7. The molecule has 1 atom stereocenters. The van der Waals surface area contributed by atoms with Crippen molar-refractivity contribution in [1.82, 2.24) is 14.7 Å². The topological polar surface area (TPSA) is 67.6 Å². The van der Waals surface area contributed by atoms with Gasteiger partial charge in [-0.15, -0.1) is 0 Å². The summed E-state index contributed by atoms with van der Waals surface area (Å²) in [7, 11) is 0. The van der Waals surface area contributed by atoms with Gasteiger partial charge in [0.25, 0.3) is 0 Å². The molecule has 6 heteroatoms. The summed E-state index contributed by atoms with van der Waals surface area (Å²) < 4.78 is 7.65. The summed E-state index contributed by atoms with van der Waals surface area (Å²) in [5.41, 5.74) is 1.45. The van der Waals surface area contributed by atoms with Crippen molar-refractivity contribution in [2.45, 2.75) is 37.3 Å².